The van der Waals surface area contributed by atoms with E-state index in [1.165, 1.54) is 16.7 Å². The van der Waals surface area contributed by atoms with Gasteiger partial charge in [0.05, 0.1) is 0 Å². The van der Waals surface area contributed by atoms with Crippen molar-refractivity contribution >= 4 is 23.2 Å². The van der Waals surface area contributed by atoms with Crippen molar-refractivity contribution in [1.82, 2.24) is 0 Å². The molecule has 0 saturated heterocycles. The number of hydrogen-bond donors (Lipinski definition) is 0. The first kappa shape index (κ1) is 14.4. The van der Waals surface area contributed by atoms with Crippen molar-refractivity contribution in [1.29, 1.82) is 0 Å². The van der Waals surface area contributed by atoms with Gasteiger partial charge in [-0.1, -0.05) is 54.1 Å². The fourth-order valence-corrected chi connectivity index (χ4v) is 2.74. The highest BCUT2D eigenvalue weighted by atomic mass is 35.5. The van der Waals surface area contributed by atoms with Gasteiger partial charge in [-0.3, -0.25) is 0 Å². The normalized spacial score (nSPS) is 12.4. The Bertz CT molecular complexity index is 487. The molecule has 1 unspecified atom stereocenters. The summed E-state index contributed by atoms with van der Waals surface area (Å²) in [5.41, 5.74) is 3.89. The third kappa shape index (κ3) is 3.99. The maximum Gasteiger partial charge on any atom is 0.0438 e. The molecular weight excluding hydrogens is 275 g/mol. The van der Waals surface area contributed by atoms with E-state index < -0.39 is 0 Å². The zero-order chi connectivity index (χ0) is 13.7. The van der Waals surface area contributed by atoms with Crippen LogP contribution in [0.15, 0.2) is 48.5 Å². The lowest BCUT2D eigenvalue weighted by Gasteiger charge is -2.16. The van der Waals surface area contributed by atoms with E-state index in [2.05, 4.69) is 37.3 Å². The van der Waals surface area contributed by atoms with Gasteiger partial charge < -0.3 is 0 Å². The minimum absolute atomic E-state index is 0.419. The third-order valence-electron chi connectivity index (χ3n) is 3.45. The molecule has 0 spiro atoms. The summed E-state index contributed by atoms with van der Waals surface area (Å²) in [6, 6.07) is 16.5. The van der Waals surface area contributed by atoms with Crippen molar-refractivity contribution in [3.8, 4) is 0 Å². The Balaban J connectivity index is 2.09. The maximum absolute atomic E-state index is 6.22. The van der Waals surface area contributed by atoms with Crippen molar-refractivity contribution in [3.63, 3.8) is 0 Å². The Morgan fingerprint density at radius 1 is 0.895 bits per heavy atom. The molecule has 0 aliphatic rings. The van der Waals surface area contributed by atoms with Crippen LogP contribution in [0.2, 0.25) is 5.02 Å². The van der Waals surface area contributed by atoms with E-state index in [9.17, 15) is 0 Å². The zero-order valence-electron chi connectivity index (χ0n) is 11.1. The summed E-state index contributed by atoms with van der Waals surface area (Å²) in [6.45, 7) is 2.15. The molecular formula is C17H18Cl2. The molecule has 0 bridgehead atoms. The van der Waals surface area contributed by atoms with Gasteiger partial charge in [-0.2, -0.15) is 0 Å². The molecule has 19 heavy (non-hydrogen) atoms. The minimum Gasteiger partial charge on any atom is -0.126 e. The highest BCUT2D eigenvalue weighted by Crippen LogP contribution is 2.23. The van der Waals surface area contributed by atoms with Crippen molar-refractivity contribution in [2.45, 2.75) is 19.8 Å². The van der Waals surface area contributed by atoms with E-state index in [4.69, 9.17) is 23.2 Å². The molecule has 0 aliphatic carbocycles. The molecule has 0 heterocycles. The molecule has 0 fully saturated rings. The van der Waals surface area contributed by atoms with Gasteiger partial charge in [-0.25, -0.2) is 0 Å². The van der Waals surface area contributed by atoms with E-state index in [1.54, 1.807) is 0 Å². The Morgan fingerprint density at radius 3 is 2.11 bits per heavy atom. The van der Waals surface area contributed by atoms with Crippen LogP contribution in [0.3, 0.4) is 0 Å². The van der Waals surface area contributed by atoms with E-state index >= 15 is 0 Å². The van der Waals surface area contributed by atoms with Crippen LogP contribution in [0.25, 0.3) is 0 Å². The van der Waals surface area contributed by atoms with Gasteiger partial charge in [0.2, 0.25) is 0 Å². The van der Waals surface area contributed by atoms with Crippen molar-refractivity contribution in [2.24, 2.45) is 5.92 Å². The summed E-state index contributed by atoms with van der Waals surface area (Å²) in [6.07, 6.45) is 1.93. The van der Waals surface area contributed by atoms with Gasteiger partial charge in [-0.15, -0.1) is 11.6 Å². The average Bonchev–Trinajstić information content (AvgIpc) is 2.42. The van der Waals surface area contributed by atoms with Gasteiger partial charge in [0, 0.05) is 10.9 Å². The number of benzene rings is 2. The number of halogens is 2. The molecule has 2 heteroatoms. The summed E-state index contributed by atoms with van der Waals surface area (Å²) in [5, 5.41) is 0.836. The second-order valence-corrected chi connectivity index (χ2v) is 5.66. The number of aryl methyl sites for hydroxylation is 1. The molecule has 0 amide bonds. The second kappa shape index (κ2) is 6.98. The molecule has 2 aromatic carbocycles. The van der Waals surface area contributed by atoms with Crippen LogP contribution in [0.5, 0.6) is 0 Å². The molecule has 0 N–H and O–H groups in total. The molecule has 0 aliphatic heterocycles. The first-order valence-corrected chi connectivity index (χ1v) is 7.46. The zero-order valence-corrected chi connectivity index (χ0v) is 12.6. The van der Waals surface area contributed by atoms with Crippen LogP contribution in [-0.4, -0.2) is 5.88 Å². The lowest BCUT2D eigenvalue weighted by molar-refractivity contribution is 0.582. The molecule has 0 saturated carbocycles. The van der Waals surface area contributed by atoms with Crippen LogP contribution in [0, 0.1) is 12.8 Å². The summed E-state index contributed by atoms with van der Waals surface area (Å²) < 4.78 is 0. The summed E-state index contributed by atoms with van der Waals surface area (Å²) in [5.74, 6) is 1.07. The number of rotatable bonds is 5. The predicted molar refractivity (Wildman–Crippen MR) is 84.2 cm³/mol. The lowest BCUT2D eigenvalue weighted by Crippen LogP contribution is -2.11. The van der Waals surface area contributed by atoms with Crippen LogP contribution < -0.4 is 0 Å². The topological polar surface area (TPSA) is 0 Å². The van der Waals surface area contributed by atoms with Gasteiger partial charge in [-0.05, 0) is 48.4 Å². The summed E-state index contributed by atoms with van der Waals surface area (Å²) in [7, 11) is 0. The van der Waals surface area contributed by atoms with E-state index in [0.29, 0.717) is 11.8 Å². The maximum atomic E-state index is 6.22. The van der Waals surface area contributed by atoms with E-state index in [0.717, 1.165) is 17.9 Å². The first-order chi connectivity index (χ1) is 9.20. The summed E-state index contributed by atoms with van der Waals surface area (Å²) in [4.78, 5) is 0. The van der Waals surface area contributed by atoms with E-state index in [1.807, 2.05) is 18.2 Å². The Labute approximate surface area is 125 Å². The largest absolute Gasteiger partial charge is 0.126 e. The van der Waals surface area contributed by atoms with Crippen molar-refractivity contribution < 1.29 is 0 Å². The smallest absolute Gasteiger partial charge is 0.0438 e. The molecule has 0 radical (unpaired) electrons. The fourth-order valence-electron chi connectivity index (χ4n) is 2.31. The highest BCUT2D eigenvalue weighted by Gasteiger charge is 2.12. The monoisotopic (exact) mass is 292 g/mol. The number of alkyl halides is 1. The standard InChI is InChI=1S/C17H18Cl2/c1-13-6-2-3-7-15(13)10-14(12-18)11-16-8-4-5-9-17(16)19/h2-9,14H,10-12H2,1H3. The van der Waals surface area contributed by atoms with E-state index in [-0.39, 0.29) is 0 Å². The molecule has 1 atom stereocenters. The summed E-state index contributed by atoms with van der Waals surface area (Å²) >= 11 is 12.3. The van der Waals surface area contributed by atoms with Crippen LogP contribution in [0.4, 0.5) is 0 Å². The average molecular weight is 293 g/mol. The Morgan fingerprint density at radius 2 is 1.47 bits per heavy atom. The minimum atomic E-state index is 0.419. The van der Waals surface area contributed by atoms with Crippen LogP contribution in [-0.2, 0) is 12.8 Å². The first-order valence-electron chi connectivity index (χ1n) is 6.54. The molecule has 0 aromatic heterocycles. The van der Waals surface area contributed by atoms with Crippen molar-refractivity contribution in [3.05, 3.63) is 70.2 Å². The fraction of sp³-hybridized carbons (Fsp3) is 0.294. The predicted octanol–water partition coefficient (Wildman–Crippen LogP) is 5.29. The lowest BCUT2D eigenvalue weighted by atomic mass is 9.92. The molecule has 0 nitrogen and oxygen atoms in total. The second-order valence-electron chi connectivity index (χ2n) is 4.95. The highest BCUT2D eigenvalue weighted by molar-refractivity contribution is 6.31. The molecule has 2 aromatic rings. The Hall–Kier alpha value is -0.980. The molecule has 2 rings (SSSR count). The third-order valence-corrected chi connectivity index (χ3v) is 4.26. The van der Waals surface area contributed by atoms with Gasteiger partial charge in [0.15, 0.2) is 0 Å². The van der Waals surface area contributed by atoms with Gasteiger partial charge in [0.25, 0.3) is 0 Å². The van der Waals surface area contributed by atoms with Gasteiger partial charge >= 0.3 is 0 Å². The number of hydrogen-bond acceptors (Lipinski definition) is 0. The Kier molecular flexibility index (Phi) is 5.30. The quantitative estimate of drug-likeness (QED) is 0.657. The van der Waals surface area contributed by atoms with Crippen LogP contribution >= 0.6 is 23.2 Å². The van der Waals surface area contributed by atoms with Crippen molar-refractivity contribution in [2.75, 3.05) is 5.88 Å². The molecule has 100 valence electrons. The van der Waals surface area contributed by atoms with Crippen LogP contribution in [0.1, 0.15) is 16.7 Å². The van der Waals surface area contributed by atoms with Gasteiger partial charge in [0.1, 0.15) is 0 Å². The SMILES string of the molecule is Cc1ccccc1CC(CCl)Cc1ccccc1Cl.